The first kappa shape index (κ1) is 13.3. The zero-order chi connectivity index (χ0) is 13.0. The molecule has 1 saturated heterocycles. The van der Waals surface area contributed by atoms with E-state index in [0.29, 0.717) is 12.5 Å². The number of aliphatic hydroxyl groups is 1. The minimum atomic E-state index is -0.452. The molecule has 1 aliphatic rings. The molecule has 2 unspecified atom stereocenters. The SMILES string of the molecule is CCC1CN(c2ccc(C(O)CC)nc2)CCO1. The van der Waals surface area contributed by atoms with Crippen LogP contribution in [0.4, 0.5) is 5.69 Å². The van der Waals surface area contributed by atoms with Gasteiger partial charge in [-0.2, -0.15) is 0 Å². The smallest absolute Gasteiger partial charge is 0.0957 e. The number of morpholine rings is 1. The highest BCUT2D eigenvalue weighted by Gasteiger charge is 2.19. The Morgan fingerprint density at radius 2 is 2.33 bits per heavy atom. The lowest BCUT2D eigenvalue weighted by molar-refractivity contribution is 0.0384. The van der Waals surface area contributed by atoms with Crippen LogP contribution in [0.1, 0.15) is 38.5 Å². The first-order valence-electron chi connectivity index (χ1n) is 6.75. The van der Waals surface area contributed by atoms with E-state index in [2.05, 4.69) is 16.8 Å². The molecular formula is C14H22N2O2. The number of hydrogen-bond donors (Lipinski definition) is 1. The number of aliphatic hydroxyl groups excluding tert-OH is 1. The van der Waals surface area contributed by atoms with E-state index in [9.17, 15) is 5.11 Å². The van der Waals surface area contributed by atoms with Gasteiger partial charge >= 0.3 is 0 Å². The fourth-order valence-corrected chi connectivity index (χ4v) is 2.19. The Kier molecular flexibility index (Phi) is 4.55. The van der Waals surface area contributed by atoms with E-state index in [-0.39, 0.29) is 0 Å². The number of ether oxygens (including phenoxy) is 1. The molecule has 2 rings (SSSR count). The van der Waals surface area contributed by atoms with Gasteiger partial charge in [0.15, 0.2) is 0 Å². The monoisotopic (exact) mass is 250 g/mol. The van der Waals surface area contributed by atoms with Gasteiger partial charge in [-0.25, -0.2) is 0 Å². The fraction of sp³-hybridized carbons (Fsp3) is 0.643. The predicted octanol–water partition coefficient (Wildman–Crippen LogP) is 2.14. The molecule has 0 spiro atoms. The molecule has 4 nitrogen and oxygen atoms in total. The van der Waals surface area contributed by atoms with Gasteiger partial charge in [-0.3, -0.25) is 4.98 Å². The summed E-state index contributed by atoms with van der Waals surface area (Å²) in [5.41, 5.74) is 1.87. The van der Waals surface area contributed by atoms with E-state index in [1.54, 1.807) is 0 Å². The fourth-order valence-electron chi connectivity index (χ4n) is 2.19. The molecule has 0 amide bonds. The highest BCUT2D eigenvalue weighted by molar-refractivity contribution is 5.45. The van der Waals surface area contributed by atoms with E-state index in [0.717, 1.165) is 37.5 Å². The molecule has 0 aliphatic carbocycles. The van der Waals surface area contributed by atoms with Gasteiger partial charge in [-0.15, -0.1) is 0 Å². The number of pyridine rings is 1. The van der Waals surface area contributed by atoms with Crippen LogP contribution in [-0.4, -0.2) is 35.9 Å². The van der Waals surface area contributed by atoms with E-state index in [1.165, 1.54) is 0 Å². The second kappa shape index (κ2) is 6.16. The van der Waals surface area contributed by atoms with Gasteiger partial charge < -0.3 is 14.7 Å². The Morgan fingerprint density at radius 1 is 1.50 bits per heavy atom. The van der Waals surface area contributed by atoms with Gasteiger partial charge in [-0.1, -0.05) is 13.8 Å². The average molecular weight is 250 g/mol. The van der Waals surface area contributed by atoms with Crippen molar-refractivity contribution in [1.82, 2.24) is 4.98 Å². The van der Waals surface area contributed by atoms with Gasteiger partial charge in [0.25, 0.3) is 0 Å². The highest BCUT2D eigenvalue weighted by atomic mass is 16.5. The zero-order valence-corrected chi connectivity index (χ0v) is 11.2. The topological polar surface area (TPSA) is 45.6 Å². The third kappa shape index (κ3) is 3.00. The summed E-state index contributed by atoms with van der Waals surface area (Å²) in [6.45, 7) is 6.71. The second-order valence-electron chi connectivity index (χ2n) is 4.71. The zero-order valence-electron chi connectivity index (χ0n) is 11.2. The molecule has 100 valence electrons. The van der Waals surface area contributed by atoms with Crippen molar-refractivity contribution in [3.05, 3.63) is 24.0 Å². The minimum absolute atomic E-state index is 0.319. The van der Waals surface area contributed by atoms with Crippen LogP contribution >= 0.6 is 0 Å². The highest BCUT2D eigenvalue weighted by Crippen LogP contribution is 2.20. The maximum Gasteiger partial charge on any atom is 0.0957 e. The van der Waals surface area contributed by atoms with E-state index in [1.807, 2.05) is 25.3 Å². The number of nitrogens with zero attached hydrogens (tertiary/aromatic N) is 2. The van der Waals surface area contributed by atoms with Crippen molar-refractivity contribution >= 4 is 5.69 Å². The lowest BCUT2D eigenvalue weighted by atomic mass is 10.1. The van der Waals surface area contributed by atoms with Gasteiger partial charge in [0.1, 0.15) is 0 Å². The van der Waals surface area contributed by atoms with E-state index >= 15 is 0 Å². The van der Waals surface area contributed by atoms with Gasteiger partial charge in [-0.05, 0) is 25.0 Å². The summed E-state index contributed by atoms with van der Waals surface area (Å²) in [6.07, 6.45) is 3.46. The molecule has 0 aromatic carbocycles. The molecule has 4 heteroatoms. The van der Waals surface area contributed by atoms with Crippen LogP contribution in [0.5, 0.6) is 0 Å². The molecule has 1 N–H and O–H groups in total. The molecule has 2 heterocycles. The Labute approximate surface area is 109 Å². The predicted molar refractivity (Wildman–Crippen MR) is 71.7 cm³/mol. The number of rotatable bonds is 4. The van der Waals surface area contributed by atoms with Crippen molar-refractivity contribution in [3.63, 3.8) is 0 Å². The van der Waals surface area contributed by atoms with Gasteiger partial charge in [0, 0.05) is 13.1 Å². The molecule has 0 radical (unpaired) electrons. The van der Waals surface area contributed by atoms with Crippen LogP contribution in [-0.2, 0) is 4.74 Å². The van der Waals surface area contributed by atoms with Crippen molar-refractivity contribution in [1.29, 1.82) is 0 Å². The molecule has 1 aliphatic heterocycles. The molecule has 0 bridgehead atoms. The first-order chi connectivity index (χ1) is 8.74. The van der Waals surface area contributed by atoms with Crippen LogP contribution in [0.25, 0.3) is 0 Å². The molecule has 1 aromatic rings. The van der Waals surface area contributed by atoms with Crippen LogP contribution in [0.3, 0.4) is 0 Å². The lowest BCUT2D eigenvalue weighted by Gasteiger charge is -2.34. The van der Waals surface area contributed by atoms with E-state index < -0.39 is 6.10 Å². The average Bonchev–Trinajstić information content (AvgIpc) is 2.46. The maximum absolute atomic E-state index is 9.71. The summed E-state index contributed by atoms with van der Waals surface area (Å²) in [5, 5.41) is 9.71. The summed E-state index contributed by atoms with van der Waals surface area (Å²) in [7, 11) is 0. The summed E-state index contributed by atoms with van der Waals surface area (Å²) >= 11 is 0. The summed E-state index contributed by atoms with van der Waals surface area (Å²) in [4.78, 5) is 6.64. The molecule has 0 saturated carbocycles. The Bertz CT molecular complexity index is 367. The third-order valence-corrected chi connectivity index (χ3v) is 3.46. The molecule has 18 heavy (non-hydrogen) atoms. The van der Waals surface area contributed by atoms with Crippen molar-refractivity contribution in [2.45, 2.75) is 38.9 Å². The standard InChI is InChI=1S/C14H22N2O2/c1-3-12-10-16(7-8-18-12)11-5-6-13(15-9-11)14(17)4-2/h5-6,9,12,14,17H,3-4,7-8,10H2,1-2H3. The molecule has 1 aromatic heterocycles. The van der Waals surface area contributed by atoms with Gasteiger partial charge in [0.2, 0.25) is 0 Å². The summed E-state index contributed by atoms with van der Waals surface area (Å²) < 4.78 is 5.66. The first-order valence-corrected chi connectivity index (χ1v) is 6.75. The largest absolute Gasteiger partial charge is 0.387 e. The van der Waals surface area contributed by atoms with Crippen molar-refractivity contribution in [2.75, 3.05) is 24.6 Å². The van der Waals surface area contributed by atoms with Crippen LogP contribution in [0.15, 0.2) is 18.3 Å². The van der Waals surface area contributed by atoms with Crippen LogP contribution in [0, 0.1) is 0 Å². The summed E-state index contributed by atoms with van der Waals surface area (Å²) in [5.74, 6) is 0. The Balaban J connectivity index is 2.04. The van der Waals surface area contributed by atoms with Crippen molar-refractivity contribution < 1.29 is 9.84 Å². The quantitative estimate of drug-likeness (QED) is 0.889. The van der Waals surface area contributed by atoms with E-state index in [4.69, 9.17) is 4.74 Å². The maximum atomic E-state index is 9.71. The lowest BCUT2D eigenvalue weighted by Crippen LogP contribution is -2.42. The van der Waals surface area contributed by atoms with Crippen LogP contribution in [0.2, 0.25) is 0 Å². The van der Waals surface area contributed by atoms with Gasteiger partial charge in [0.05, 0.1) is 36.4 Å². The summed E-state index contributed by atoms with van der Waals surface area (Å²) in [6, 6.07) is 3.96. The number of hydrogen-bond acceptors (Lipinski definition) is 4. The number of aromatic nitrogens is 1. The molecule has 1 fully saturated rings. The molecular weight excluding hydrogens is 228 g/mol. The van der Waals surface area contributed by atoms with Crippen LogP contribution < -0.4 is 4.90 Å². The number of anilines is 1. The van der Waals surface area contributed by atoms with Crippen molar-refractivity contribution in [3.8, 4) is 0 Å². The Hall–Kier alpha value is -1.13. The minimum Gasteiger partial charge on any atom is -0.387 e. The third-order valence-electron chi connectivity index (χ3n) is 3.46. The Morgan fingerprint density at radius 3 is 2.94 bits per heavy atom. The second-order valence-corrected chi connectivity index (χ2v) is 4.71. The van der Waals surface area contributed by atoms with Crippen molar-refractivity contribution in [2.24, 2.45) is 0 Å². The normalized spacial score (nSPS) is 21.9. The molecule has 2 atom stereocenters.